The lowest BCUT2D eigenvalue weighted by molar-refractivity contribution is -0.0221. The van der Waals surface area contributed by atoms with Crippen LogP contribution in [0.1, 0.15) is 28.8 Å². The van der Waals surface area contributed by atoms with Gasteiger partial charge in [-0.3, -0.25) is 4.79 Å². The molecule has 2 aromatic carbocycles. The summed E-state index contributed by atoms with van der Waals surface area (Å²) in [6.07, 6.45) is -0.520. The predicted molar refractivity (Wildman–Crippen MR) is 98.3 cm³/mol. The lowest BCUT2D eigenvalue weighted by Gasteiger charge is -2.33. The molecule has 1 fully saturated rings. The van der Waals surface area contributed by atoms with Crippen molar-refractivity contribution in [1.29, 1.82) is 0 Å². The summed E-state index contributed by atoms with van der Waals surface area (Å²) < 4.78 is 41.1. The van der Waals surface area contributed by atoms with Crippen molar-refractivity contribution in [3.05, 3.63) is 53.3 Å². The van der Waals surface area contributed by atoms with Gasteiger partial charge in [0.15, 0.2) is 0 Å². The van der Waals surface area contributed by atoms with Crippen LogP contribution >= 0.6 is 0 Å². The van der Waals surface area contributed by atoms with E-state index >= 15 is 0 Å². The maximum atomic E-state index is 14.5. The Kier molecular flexibility index (Phi) is 4.25. The standard InChI is InChI=1S/C20H20F3N3O/c1-25-12-13-2-3-14(10-16(13)19(25)27)24-15-4-5-18(17(21)11-15)26-8-6-20(22,23)7-9-26/h2-5,10-11,24H,6-9,12H2,1H3. The van der Waals surface area contributed by atoms with Gasteiger partial charge in [0.25, 0.3) is 11.8 Å². The van der Waals surface area contributed by atoms with Crippen molar-refractivity contribution >= 4 is 23.0 Å². The Morgan fingerprint density at radius 2 is 1.70 bits per heavy atom. The molecule has 2 aliphatic rings. The molecule has 0 saturated carbocycles. The number of rotatable bonds is 3. The normalized spacial score (nSPS) is 18.6. The van der Waals surface area contributed by atoms with Gasteiger partial charge in [-0.1, -0.05) is 6.07 Å². The monoisotopic (exact) mass is 375 g/mol. The topological polar surface area (TPSA) is 35.6 Å². The van der Waals surface area contributed by atoms with Crippen LogP contribution < -0.4 is 10.2 Å². The Morgan fingerprint density at radius 1 is 1.04 bits per heavy atom. The van der Waals surface area contributed by atoms with E-state index in [2.05, 4.69) is 5.32 Å². The molecule has 2 heterocycles. The third-order valence-corrected chi connectivity index (χ3v) is 5.17. The number of hydrogen-bond donors (Lipinski definition) is 1. The fourth-order valence-corrected chi connectivity index (χ4v) is 3.61. The van der Waals surface area contributed by atoms with Crippen LogP contribution in [0.25, 0.3) is 0 Å². The van der Waals surface area contributed by atoms with Crippen LogP contribution in [0.3, 0.4) is 0 Å². The molecule has 4 rings (SSSR count). The maximum absolute atomic E-state index is 14.5. The van der Waals surface area contributed by atoms with Crippen LogP contribution in [0, 0.1) is 5.82 Å². The molecule has 0 radical (unpaired) electrons. The van der Waals surface area contributed by atoms with Crippen molar-refractivity contribution in [1.82, 2.24) is 4.90 Å². The number of nitrogens with one attached hydrogen (secondary N) is 1. The maximum Gasteiger partial charge on any atom is 0.254 e. The number of alkyl halides is 2. The molecule has 4 nitrogen and oxygen atoms in total. The molecule has 0 unspecified atom stereocenters. The lowest BCUT2D eigenvalue weighted by atomic mass is 10.1. The lowest BCUT2D eigenvalue weighted by Crippen LogP contribution is -2.39. The van der Waals surface area contributed by atoms with Crippen LogP contribution in [0.5, 0.6) is 0 Å². The number of carbonyl (C=O) groups is 1. The Balaban J connectivity index is 1.50. The highest BCUT2D eigenvalue weighted by Gasteiger charge is 2.34. The largest absolute Gasteiger partial charge is 0.369 e. The van der Waals surface area contributed by atoms with Gasteiger partial charge in [0.2, 0.25) is 0 Å². The summed E-state index contributed by atoms with van der Waals surface area (Å²) in [7, 11) is 1.75. The van der Waals surface area contributed by atoms with Gasteiger partial charge in [0, 0.05) is 56.5 Å². The summed E-state index contributed by atoms with van der Waals surface area (Å²) in [4.78, 5) is 15.4. The minimum atomic E-state index is -2.66. The number of hydrogen-bond acceptors (Lipinski definition) is 3. The van der Waals surface area contributed by atoms with Crippen LogP contribution in [0.4, 0.5) is 30.2 Å². The smallest absolute Gasteiger partial charge is 0.254 e. The molecular formula is C20H20F3N3O. The molecule has 2 aromatic rings. The van der Waals surface area contributed by atoms with Crippen molar-refractivity contribution in [2.24, 2.45) is 0 Å². The number of piperidine rings is 1. The average molecular weight is 375 g/mol. The average Bonchev–Trinajstić information content (AvgIpc) is 2.90. The van der Waals surface area contributed by atoms with Gasteiger partial charge in [0.05, 0.1) is 5.69 Å². The van der Waals surface area contributed by atoms with Crippen LogP contribution in [-0.4, -0.2) is 36.9 Å². The summed E-state index contributed by atoms with van der Waals surface area (Å²) >= 11 is 0. The number of fused-ring (bicyclic) bond motifs is 1. The van der Waals surface area contributed by atoms with E-state index in [1.165, 1.54) is 6.07 Å². The van der Waals surface area contributed by atoms with E-state index < -0.39 is 11.7 Å². The Labute approximate surface area is 155 Å². The van der Waals surface area contributed by atoms with Crippen molar-refractivity contribution in [3.63, 3.8) is 0 Å². The number of nitrogens with zero attached hydrogens (tertiary/aromatic N) is 2. The molecule has 1 saturated heterocycles. The number of halogens is 3. The Hall–Kier alpha value is -2.70. The third-order valence-electron chi connectivity index (χ3n) is 5.17. The molecule has 1 amide bonds. The Morgan fingerprint density at radius 3 is 2.41 bits per heavy atom. The SMILES string of the molecule is CN1Cc2ccc(Nc3ccc(N4CCC(F)(F)CC4)c(F)c3)cc2C1=O. The van der Waals surface area contributed by atoms with Gasteiger partial charge in [-0.25, -0.2) is 13.2 Å². The van der Waals surface area contributed by atoms with E-state index in [0.717, 1.165) is 5.56 Å². The molecule has 7 heteroatoms. The van der Waals surface area contributed by atoms with Crippen molar-refractivity contribution < 1.29 is 18.0 Å². The first kappa shape index (κ1) is 17.7. The quantitative estimate of drug-likeness (QED) is 0.864. The minimum absolute atomic E-state index is 0.0305. The molecule has 27 heavy (non-hydrogen) atoms. The van der Waals surface area contributed by atoms with Crippen molar-refractivity contribution in [3.8, 4) is 0 Å². The van der Waals surface area contributed by atoms with E-state index in [1.54, 1.807) is 35.0 Å². The van der Waals surface area contributed by atoms with Gasteiger partial charge < -0.3 is 15.1 Å². The summed E-state index contributed by atoms with van der Waals surface area (Å²) in [6, 6.07) is 10.2. The number of anilines is 3. The van der Waals surface area contributed by atoms with Crippen molar-refractivity contribution in [2.75, 3.05) is 30.4 Å². The first-order valence-corrected chi connectivity index (χ1v) is 8.90. The zero-order chi connectivity index (χ0) is 19.2. The summed E-state index contributed by atoms with van der Waals surface area (Å²) in [5.74, 6) is -3.15. The molecule has 1 N–H and O–H groups in total. The first-order valence-electron chi connectivity index (χ1n) is 8.90. The molecule has 0 spiro atoms. The first-order chi connectivity index (χ1) is 12.8. The second kappa shape index (κ2) is 6.48. The van der Waals surface area contributed by atoms with Gasteiger partial charge in [0.1, 0.15) is 5.82 Å². The fourth-order valence-electron chi connectivity index (χ4n) is 3.61. The third kappa shape index (κ3) is 3.46. The van der Waals surface area contributed by atoms with Gasteiger partial charge in [-0.15, -0.1) is 0 Å². The highest BCUT2D eigenvalue weighted by molar-refractivity contribution is 5.99. The van der Waals surface area contributed by atoms with E-state index in [0.29, 0.717) is 29.2 Å². The molecule has 142 valence electrons. The highest BCUT2D eigenvalue weighted by Crippen LogP contribution is 2.33. The zero-order valence-electron chi connectivity index (χ0n) is 14.9. The number of benzene rings is 2. The van der Waals surface area contributed by atoms with E-state index in [-0.39, 0.29) is 31.8 Å². The second-order valence-electron chi connectivity index (χ2n) is 7.17. The number of carbonyl (C=O) groups excluding carboxylic acids is 1. The molecule has 2 aliphatic heterocycles. The predicted octanol–water partition coefficient (Wildman–Crippen LogP) is 4.39. The minimum Gasteiger partial charge on any atom is -0.369 e. The molecule has 0 bridgehead atoms. The number of amides is 1. The zero-order valence-corrected chi connectivity index (χ0v) is 14.9. The molecular weight excluding hydrogens is 355 g/mol. The van der Waals surface area contributed by atoms with E-state index in [9.17, 15) is 18.0 Å². The molecule has 0 aromatic heterocycles. The van der Waals surface area contributed by atoms with Gasteiger partial charge >= 0.3 is 0 Å². The molecule has 0 aliphatic carbocycles. The van der Waals surface area contributed by atoms with Crippen LogP contribution in [-0.2, 0) is 6.54 Å². The van der Waals surface area contributed by atoms with E-state index in [4.69, 9.17) is 0 Å². The molecule has 0 atom stereocenters. The van der Waals surface area contributed by atoms with Gasteiger partial charge in [-0.05, 0) is 35.9 Å². The highest BCUT2D eigenvalue weighted by atomic mass is 19.3. The summed E-state index contributed by atoms with van der Waals surface area (Å²) in [5.41, 5.74) is 3.19. The van der Waals surface area contributed by atoms with E-state index in [1.807, 2.05) is 12.1 Å². The van der Waals surface area contributed by atoms with Crippen molar-refractivity contribution in [2.45, 2.75) is 25.3 Å². The second-order valence-corrected chi connectivity index (χ2v) is 7.17. The fraction of sp³-hybridized carbons (Fsp3) is 0.350. The van der Waals surface area contributed by atoms with Crippen LogP contribution in [0.15, 0.2) is 36.4 Å². The summed E-state index contributed by atoms with van der Waals surface area (Å²) in [6.45, 7) is 0.862. The van der Waals surface area contributed by atoms with Crippen LogP contribution in [0.2, 0.25) is 0 Å². The van der Waals surface area contributed by atoms with Gasteiger partial charge in [-0.2, -0.15) is 0 Å². The Bertz CT molecular complexity index is 890. The summed E-state index contributed by atoms with van der Waals surface area (Å²) in [5, 5.41) is 3.10.